The quantitative estimate of drug-likeness (QED) is 0.549. The summed E-state index contributed by atoms with van der Waals surface area (Å²) in [6.07, 6.45) is 1.72. The lowest BCUT2D eigenvalue weighted by atomic mass is 10.2. The Morgan fingerprint density at radius 1 is 1.08 bits per heavy atom. The Kier molecular flexibility index (Phi) is 3.92. The number of aromatic amines is 1. The first kappa shape index (κ1) is 14.8. The van der Waals surface area contributed by atoms with Crippen molar-refractivity contribution in [2.75, 3.05) is 6.54 Å². The number of fused-ring (bicyclic) bond motifs is 2. The van der Waals surface area contributed by atoms with Gasteiger partial charge in [0.15, 0.2) is 0 Å². The van der Waals surface area contributed by atoms with Crippen LogP contribution in [0.5, 0.6) is 0 Å². The van der Waals surface area contributed by atoms with Gasteiger partial charge in [-0.2, -0.15) is 15.4 Å². The lowest BCUT2D eigenvalue weighted by molar-refractivity contribution is 0.0953. The molecule has 2 aromatic carbocycles. The maximum absolute atomic E-state index is 12.2. The molecule has 0 aliphatic heterocycles. The van der Waals surface area contributed by atoms with Gasteiger partial charge in [-0.25, -0.2) is 4.98 Å². The number of carbonyl (C=O) groups excluding carboxylic acids is 1. The van der Waals surface area contributed by atoms with Gasteiger partial charge in [-0.15, -0.1) is 11.3 Å². The topological polar surface area (TPSA) is 83.6 Å². The molecule has 7 heteroatoms. The lowest BCUT2D eigenvalue weighted by Gasteiger charge is -2.04. The molecule has 0 unspecified atom stereocenters. The van der Waals surface area contributed by atoms with Gasteiger partial charge >= 0.3 is 0 Å². The molecule has 0 aliphatic carbocycles. The number of nitrogens with one attached hydrogen (secondary N) is 2. The van der Waals surface area contributed by atoms with Crippen LogP contribution in [0.3, 0.4) is 0 Å². The van der Waals surface area contributed by atoms with Crippen molar-refractivity contribution in [2.24, 2.45) is 0 Å². The van der Waals surface area contributed by atoms with E-state index in [-0.39, 0.29) is 5.91 Å². The Bertz CT molecular complexity index is 973. The largest absolute Gasteiger partial charge is 0.352 e. The standard InChI is InChI=1S/C17H15N5OS/c23-17(11-7-8-12-14(10-11)21-22-20-12)18-9-3-6-16-19-13-4-1-2-5-15(13)24-16/h1-2,4-5,7-8,10H,3,6,9H2,(H,18,23)(H,20,21,22). The highest BCUT2D eigenvalue weighted by Crippen LogP contribution is 2.22. The van der Waals surface area contributed by atoms with E-state index < -0.39 is 0 Å². The number of benzene rings is 2. The average molecular weight is 337 g/mol. The predicted molar refractivity (Wildman–Crippen MR) is 94.2 cm³/mol. The number of para-hydroxylation sites is 1. The van der Waals surface area contributed by atoms with Gasteiger partial charge in [0.05, 0.1) is 15.2 Å². The molecule has 1 amide bonds. The van der Waals surface area contributed by atoms with Crippen LogP contribution in [-0.4, -0.2) is 32.8 Å². The fourth-order valence-corrected chi connectivity index (χ4v) is 3.56. The Balaban J connectivity index is 1.32. The molecule has 4 rings (SSSR count). The SMILES string of the molecule is O=C(NCCCc1nc2ccccc2s1)c1ccc2n[nH]nc2c1. The summed E-state index contributed by atoms with van der Waals surface area (Å²) in [7, 11) is 0. The summed E-state index contributed by atoms with van der Waals surface area (Å²) in [4.78, 5) is 16.8. The Hall–Kier alpha value is -2.80. The van der Waals surface area contributed by atoms with Crippen molar-refractivity contribution in [1.82, 2.24) is 25.7 Å². The van der Waals surface area contributed by atoms with Gasteiger partial charge < -0.3 is 5.32 Å². The number of carbonyl (C=O) groups is 1. The van der Waals surface area contributed by atoms with Crippen LogP contribution in [0.4, 0.5) is 0 Å². The van der Waals surface area contributed by atoms with Gasteiger partial charge in [0.25, 0.3) is 5.91 Å². The molecule has 2 aromatic heterocycles. The van der Waals surface area contributed by atoms with Crippen molar-refractivity contribution in [3.05, 3.63) is 53.0 Å². The van der Waals surface area contributed by atoms with E-state index in [1.165, 1.54) is 4.70 Å². The highest BCUT2D eigenvalue weighted by atomic mass is 32.1. The Morgan fingerprint density at radius 2 is 1.96 bits per heavy atom. The van der Waals surface area contributed by atoms with Crippen molar-refractivity contribution >= 4 is 38.5 Å². The van der Waals surface area contributed by atoms with Crippen molar-refractivity contribution in [1.29, 1.82) is 0 Å². The van der Waals surface area contributed by atoms with Crippen molar-refractivity contribution in [3.63, 3.8) is 0 Å². The molecule has 4 aromatic rings. The number of rotatable bonds is 5. The molecule has 0 saturated heterocycles. The number of hydrogen-bond donors (Lipinski definition) is 2. The summed E-state index contributed by atoms with van der Waals surface area (Å²) in [5.41, 5.74) is 3.08. The Labute approximate surface area is 141 Å². The van der Waals surface area contributed by atoms with E-state index in [2.05, 4.69) is 31.8 Å². The van der Waals surface area contributed by atoms with Gasteiger partial charge in [-0.1, -0.05) is 12.1 Å². The number of thiazole rings is 1. The third-order valence-electron chi connectivity index (χ3n) is 3.77. The molecule has 0 radical (unpaired) electrons. The summed E-state index contributed by atoms with van der Waals surface area (Å²) in [5.74, 6) is -0.0933. The van der Waals surface area contributed by atoms with Crippen LogP contribution in [0, 0.1) is 0 Å². The van der Waals surface area contributed by atoms with Crippen molar-refractivity contribution in [2.45, 2.75) is 12.8 Å². The first-order valence-electron chi connectivity index (χ1n) is 7.73. The maximum atomic E-state index is 12.2. The van der Waals surface area contributed by atoms with Crippen LogP contribution in [0.15, 0.2) is 42.5 Å². The summed E-state index contributed by atoms with van der Waals surface area (Å²) in [6.45, 7) is 0.617. The molecule has 2 heterocycles. The number of hydrogen-bond acceptors (Lipinski definition) is 5. The molecule has 0 bridgehead atoms. The fourth-order valence-electron chi connectivity index (χ4n) is 2.55. The molecule has 0 aliphatic rings. The number of nitrogens with zero attached hydrogens (tertiary/aromatic N) is 3. The first-order valence-corrected chi connectivity index (χ1v) is 8.54. The van der Waals surface area contributed by atoms with E-state index in [1.54, 1.807) is 29.5 Å². The van der Waals surface area contributed by atoms with E-state index >= 15 is 0 Å². The molecule has 6 nitrogen and oxygen atoms in total. The van der Waals surface area contributed by atoms with Crippen LogP contribution in [0.1, 0.15) is 21.8 Å². The second kappa shape index (κ2) is 6.37. The van der Waals surface area contributed by atoms with Crippen LogP contribution in [0.25, 0.3) is 21.3 Å². The third-order valence-corrected chi connectivity index (χ3v) is 4.87. The van der Waals surface area contributed by atoms with Crippen LogP contribution >= 0.6 is 11.3 Å². The van der Waals surface area contributed by atoms with E-state index in [0.29, 0.717) is 17.6 Å². The molecular formula is C17H15N5OS. The van der Waals surface area contributed by atoms with Gasteiger partial charge in [0.2, 0.25) is 0 Å². The second-order valence-corrected chi connectivity index (χ2v) is 6.58. The number of aryl methyl sites for hydroxylation is 1. The van der Waals surface area contributed by atoms with Crippen LogP contribution in [0.2, 0.25) is 0 Å². The second-order valence-electron chi connectivity index (χ2n) is 5.46. The van der Waals surface area contributed by atoms with E-state index in [1.807, 2.05) is 18.2 Å². The first-order chi connectivity index (χ1) is 11.8. The van der Waals surface area contributed by atoms with E-state index in [9.17, 15) is 4.79 Å². The number of H-pyrrole nitrogens is 1. The molecule has 0 fully saturated rings. The summed E-state index contributed by atoms with van der Waals surface area (Å²) in [5, 5.41) is 14.6. The van der Waals surface area contributed by atoms with Crippen LogP contribution < -0.4 is 5.32 Å². The zero-order valence-corrected chi connectivity index (χ0v) is 13.6. The predicted octanol–water partition coefficient (Wildman–Crippen LogP) is 2.93. The minimum Gasteiger partial charge on any atom is -0.352 e. The molecule has 2 N–H and O–H groups in total. The summed E-state index contributed by atoms with van der Waals surface area (Å²) >= 11 is 1.71. The molecule has 0 saturated carbocycles. The highest BCUT2D eigenvalue weighted by molar-refractivity contribution is 7.18. The van der Waals surface area contributed by atoms with Gasteiger partial charge in [-0.3, -0.25) is 4.79 Å². The normalized spacial score (nSPS) is 11.2. The van der Waals surface area contributed by atoms with Crippen molar-refractivity contribution in [3.8, 4) is 0 Å². The van der Waals surface area contributed by atoms with Crippen LogP contribution in [-0.2, 0) is 6.42 Å². The van der Waals surface area contributed by atoms with E-state index in [0.717, 1.165) is 28.9 Å². The summed E-state index contributed by atoms with van der Waals surface area (Å²) < 4.78 is 1.21. The average Bonchev–Trinajstić information content (AvgIpc) is 3.23. The monoisotopic (exact) mass is 337 g/mol. The number of aromatic nitrogens is 4. The lowest BCUT2D eigenvalue weighted by Crippen LogP contribution is -2.24. The van der Waals surface area contributed by atoms with E-state index in [4.69, 9.17) is 0 Å². The Morgan fingerprint density at radius 3 is 2.88 bits per heavy atom. The zero-order valence-electron chi connectivity index (χ0n) is 12.8. The fraction of sp³-hybridized carbons (Fsp3) is 0.176. The molecule has 0 spiro atoms. The number of amides is 1. The third kappa shape index (κ3) is 2.98. The van der Waals surface area contributed by atoms with Gasteiger partial charge in [0, 0.05) is 18.5 Å². The minimum absolute atomic E-state index is 0.0933. The summed E-state index contributed by atoms with van der Waals surface area (Å²) in [6, 6.07) is 13.4. The molecule has 24 heavy (non-hydrogen) atoms. The smallest absolute Gasteiger partial charge is 0.251 e. The zero-order chi connectivity index (χ0) is 16.4. The van der Waals surface area contributed by atoms with Gasteiger partial charge in [0.1, 0.15) is 11.0 Å². The minimum atomic E-state index is -0.0933. The molecule has 0 atom stereocenters. The van der Waals surface area contributed by atoms with Gasteiger partial charge in [-0.05, 0) is 36.8 Å². The van der Waals surface area contributed by atoms with Crippen molar-refractivity contribution < 1.29 is 4.79 Å². The highest BCUT2D eigenvalue weighted by Gasteiger charge is 2.08. The molecular weight excluding hydrogens is 322 g/mol. The molecule has 120 valence electrons. The maximum Gasteiger partial charge on any atom is 0.251 e.